The molecule has 0 aliphatic carbocycles. The summed E-state index contributed by atoms with van der Waals surface area (Å²) in [5.74, 6) is 0. The van der Waals surface area contributed by atoms with Gasteiger partial charge in [-0.1, -0.05) is 18.2 Å². The van der Waals surface area contributed by atoms with Crippen LogP contribution in [0.4, 0.5) is 0 Å². The van der Waals surface area contributed by atoms with Crippen LogP contribution < -0.4 is 4.90 Å². The molecule has 19 heavy (non-hydrogen) atoms. The number of fused-ring (bicyclic) bond motifs is 1. The molecule has 0 aliphatic rings. The van der Waals surface area contributed by atoms with Crippen LogP contribution in [-0.4, -0.2) is 42.7 Å². The predicted molar refractivity (Wildman–Crippen MR) is 75.7 cm³/mol. The fourth-order valence-electron chi connectivity index (χ4n) is 2.59. The number of nitrogens with zero attached hydrogens (tertiary/aromatic N) is 1. The van der Waals surface area contributed by atoms with Gasteiger partial charge in [-0.3, -0.25) is 4.79 Å². The van der Waals surface area contributed by atoms with Gasteiger partial charge in [0, 0.05) is 22.2 Å². The minimum Gasteiger partial charge on any atom is -0.385 e. The highest BCUT2D eigenvalue weighted by Gasteiger charge is 2.16. The molecule has 2 aromatic rings. The van der Waals surface area contributed by atoms with Crippen molar-refractivity contribution < 1.29 is 14.8 Å². The molecule has 1 aromatic heterocycles. The van der Waals surface area contributed by atoms with Crippen molar-refractivity contribution in [1.29, 1.82) is 0 Å². The Kier molecular flexibility index (Phi) is 4.02. The van der Waals surface area contributed by atoms with Crippen molar-refractivity contribution in [3.05, 3.63) is 35.5 Å². The van der Waals surface area contributed by atoms with E-state index in [1.807, 2.05) is 49.9 Å². The van der Waals surface area contributed by atoms with Gasteiger partial charge in [-0.25, -0.2) is 0 Å². The smallest absolute Gasteiger partial charge is 0.152 e. The van der Waals surface area contributed by atoms with E-state index in [1.54, 1.807) is 0 Å². The fraction of sp³-hybridized carbons (Fsp3) is 0.400. The molecular formula is C15H21N2O2+. The van der Waals surface area contributed by atoms with Crippen molar-refractivity contribution in [1.82, 2.24) is 4.57 Å². The molecular weight excluding hydrogens is 240 g/mol. The summed E-state index contributed by atoms with van der Waals surface area (Å²) in [5.41, 5.74) is 2.65. The molecule has 0 radical (unpaired) electrons. The van der Waals surface area contributed by atoms with Gasteiger partial charge in [0.15, 0.2) is 6.29 Å². The minimum absolute atomic E-state index is 0.418. The first-order chi connectivity index (χ1) is 9.04. The third kappa shape index (κ3) is 2.69. The second-order valence-corrected chi connectivity index (χ2v) is 5.31. The van der Waals surface area contributed by atoms with E-state index in [2.05, 4.69) is 0 Å². The number of nitrogens with one attached hydrogen (secondary N) is 1. The highest BCUT2D eigenvalue weighted by Crippen LogP contribution is 2.24. The zero-order chi connectivity index (χ0) is 14.0. The second kappa shape index (κ2) is 5.55. The fourth-order valence-corrected chi connectivity index (χ4v) is 2.59. The number of hydrogen-bond donors (Lipinski definition) is 2. The number of carbonyl (C=O) groups is 1. The van der Waals surface area contributed by atoms with E-state index in [-0.39, 0.29) is 0 Å². The Morgan fingerprint density at radius 2 is 2.05 bits per heavy atom. The highest BCUT2D eigenvalue weighted by atomic mass is 16.3. The van der Waals surface area contributed by atoms with Gasteiger partial charge in [-0.2, -0.15) is 0 Å². The Hall–Kier alpha value is -1.65. The number of hydrogen-bond acceptors (Lipinski definition) is 2. The summed E-state index contributed by atoms with van der Waals surface area (Å²) in [5, 5.41) is 11.1. The topological polar surface area (TPSA) is 46.7 Å². The molecule has 0 bridgehead atoms. The maximum Gasteiger partial charge on any atom is 0.152 e. The van der Waals surface area contributed by atoms with E-state index in [0.717, 1.165) is 28.4 Å². The maximum absolute atomic E-state index is 11.2. The number of aliphatic hydroxyl groups is 1. The molecule has 0 fully saturated rings. The van der Waals surface area contributed by atoms with Crippen LogP contribution in [-0.2, 0) is 6.54 Å². The number of benzene rings is 1. The lowest BCUT2D eigenvalue weighted by atomic mass is 10.1. The number of aromatic nitrogens is 1. The summed E-state index contributed by atoms with van der Waals surface area (Å²) in [6.07, 6.45) is 0.483. The number of carbonyl (C=O) groups excluding carboxylic acids is 1. The van der Waals surface area contributed by atoms with Crippen LogP contribution in [0.25, 0.3) is 10.9 Å². The van der Waals surface area contributed by atoms with Gasteiger partial charge in [0.25, 0.3) is 0 Å². The normalized spacial score (nSPS) is 13.1. The molecule has 2 rings (SSSR count). The van der Waals surface area contributed by atoms with Gasteiger partial charge in [0.05, 0.1) is 20.6 Å². The molecule has 102 valence electrons. The van der Waals surface area contributed by atoms with Crippen molar-refractivity contribution in [2.75, 3.05) is 20.6 Å². The summed E-state index contributed by atoms with van der Waals surface area (Å²) in [6, 6.07) is 7.83. The number of aliphatic hydroxyl groups excluding tert-OH is 1. The monoisotopic (exact) mass is 261 g/mol. The lowest BCUT2D eigenvalue weighted by Crippen LogP contribution is -3.07. The minimum atomic E-state index is -0.418. The van der Waals surface area contributed by atoms with E-state index in [4.69, 9.17) is 0 Å². The van der Waals surface area contributed by atoms with Crippen LogP contribution in [0, 0.1) is 6.92 Å². The first-order valence-electron chi connectivity index (χ1n) is 6.54. The van der Waals surface area contributed by atoms with Gasteiger partial charge >= 0.3 is 0 Å². The van der Waals surface area contributed by atoms with Crippen molar-refractivity contribution >= 4 is 17.2 Å². The Morgan fingerprint density at radius 3 is 2.68 bits per heavy atom. The summed E-state index contributed by atoms with van der Waals surface area (Å²) >= 11 is 0. The zero-order valence-corrected chi connectivity index (χ0v) is 11.7. The molecule has 0 amide bonds. The Morgan fingerprint density at radius 1 is 1.37 bits per heavy atom. The van der Waals surface area contributed by atoms with Gasteiger partial charge < -0.3 is 14.6 Å². The van der Waals surface area contributed by atoms with Crippen molar-refractivity contribution in [3.63, 3.8) is 0 Å². The SMILES string of the molecule is Cc1c(C=O)c2ccccc2n1C[C@H](O)C[NH+](C)C. The van der Waals surface area contributed by atoms with Gasteiger partial charge in [-0.15, -0.1) is 0 Å². The van der Waals surface area contributed by atoms with Crippen LogP contribution in [0.5, 0.6) is 0 Å². The second-order valence-electron chi connectivity index (χ2n) is 5.31. The lowest BCUT2D eigenvalue weighted by Gasteiger charge is -2.16. The largest absolute Gasteiger partial charge is 0.385 e. The predicted octanol–water partition coefficient (Wildman–Crippen LogP) is 0.268. The first-order valence-corrected chi connectivity index (χ1v) is 6.54. The summed E-state index contributed by atoms with van der Waals surface area (Å²) in [7, 11) is 4.03. The third-order valence-corrected chi connectivity index (χ3v) is 3.43. The van der Waals surface area contributed by atoms with Gasteiger partial charge in [-0.05, 0) is 13.0 Å². The molecule has 0 saturated heterocycles. The summed E-state index contributed by atoms with van der Waals surface area (Å²) in [4.78, 5) is 12.4. The Balaban J connectivity index is 2.42. The number of likely N-dealkylation sites (N-methyl/N-ethyl adjacent to an activating group) is 1. The molecule has 0 saturated carbocycles. The maximum atomic E-state index is 11.2. The summed E-state index contributed by atoms with van der Waals surface area (Å²) in [6.45, 7) is 3.13. The van der Waals surface area contributed by atoms with Crippen molar-refractivity contribution in [2.24, 2.45) is 0 Å². The average molecular weight is 261 g/mol. The quantitative estimate of drug-likeness (QED) is 0.759. The summed E-state index contributed by atoms with van der Waals surface area (Å²) < 4.78 is 2.03. The Labute approximate surface area is 113 Å². The molecule has 4 heteroatoms. The van der Waals surface area contributed by atoms with E-state index in [1.165, 1.54) is 4.90 Å². The lowest BCUT2D eigenvalue weighted by molar-refractivity contribution is -0.861. The number of rotatable bonds is 5. The van der Waals surface area contributed by atoms with Crippen LogP contribution in [0.1, 0.15) is 16.1 Å². The van der Waals surface area contributed by atoms with E-state index >= 15 is 0 Å². The molecule has 0 unspecified atom stereocenters. The van der Waals surface area contributed by atoms with Crippen LogP contribution in [0.2, 0.25) is 0 Å². The zero-order valence-electron chi connectivity index (χ0n) is 11.7. The van der Waals surface area contributed by atoms with E-state index in [0.29, 0.717) is 13.1 Å². The van der Waals surface area contributed by atoms with E-state index < -0.39 is 6.10 Å². The number of aldehydes is 1. The number of para-hydroxylation sites is 1. The molecule has 4 nitrogen and oxygen atoms in total. The van der Waals surface area contributed by atoms with Crippen molar-refractivity contribution in [2.45, 2.75) is 19.6 Å². The molecule has 0 spiro atoms. The average Bonchev–Trinajstić information content (AvgIpc) is 2.61. The Bertz CT molecular complexity index is 587. The third-order valence-electron chi connectivity index (χ3n) is 3.43. The molecule has 2 N–H and O–H groups in total. The van der Waals surface area contributed by atoms with E-state index in [9.17, 15) is 9.90 Å². The van der Waals surface area contributed by atoms with Crippen LogP contribution in [0.3, 0.4) is 0 Å². The number of quaternary nitrogens is 1. The molecule has 1 heterocycles. The van der Waals surface area contributed by atoms with Crippen LogP contribution in [0.15, 0.2) is 24.3 Å². The molecule has 1 atom stereocenters. The molecule has 0 aliphatic heterocycles. The van der Waals surface area contributed by atoms with Gasteiger partial charge in [0.1, 0.15) is 12.6 Å². The van der Waals surface area contributed by atoms with Crippen LogP contribution >= 0.6 is 0 Å². The van der Waals surface area contributed by atoms with Gasteiger partial charge in [0.2, 0.25) is 0 Å². The first kappa shape index (κ1) is 13.8. The van der Waals surface area contributed by atoms with Crippen molar-refractivity contribution in [3.8, 4) is 0 Å². The molecule has 1 aromatic carbocycles. The standard InChI is InChI=1S/C15H20N2O2/c1-11-14(10-18)13-6-4-5-7-15(13)17(11)9-12(19)8-16(2)3/h4-7,10,12,19H,8-9H2,1-3H3/p+1/t12-/m1/s1. The highest BCUT2D eigenvalue weighted by molar-refractivity contribution is 5.99.